The lowest BCUT2D eigenvalue weighted by atomic mass is 10.1. The summed E-state index contributed by atoms with van der Waals surface area (Å²) in [7, 11) is 0. The molecule has 0 saturated carbocycles. The van der Waals surface area contributed by atoms with Gasteiger partial charge in [-0.2, -0.15) is 5.10 Å². The Kier molecular flexibility index (Phi) is 3.02. The molecule has 0 bridgehead atoms. The molecule has 0 fully saturated rings. The summed E-state index contributed by atoms with van der Waals surface area (Å²) < 4.78 is 2.87. The van der Waals surface area contributed by atoms with Gasteiger partial charge in [-0.3, -0.25) is 14.9 Å². The van der Waals surface area contributed by atoms with Crippen LogP contribution in [0.15, 0.2) is 42.7 Å². The number of hydrogen-bond donors (Lipinski definition) is 2. The highest BCUT2D eigenvalue weighted by atomic mass is 32.1. The van der Waals surface area contributed by atoms with Crippen molar-refractivity contribution in [3.63, 3.8) is 0 Å². The molecule has 96 valence electrons. The first kappa shape index (κ1) is 11.9. The van der Waals surface area contributed by atoms with E-state index in [0.717, 1.165) is 15.6 Å². The van der Waals surface area contributed by atoms with Crippen LogP contribution in [0.5, 0.6) is 0 Å². The van der Waals surface area contributed by atoms with Crippen LogP contribution >= 0.6 is 11.3 Å². The van der Waals surface area contributed by atoms with Gasteiger partial charge < -0.3 is 0 Å². The molecule has 2 heterocycles. The first-order chi connectivity index (χ1) is 9.29. The van der Waals surface area contributed by atoms with E-state index in [1.54, 1.807) is 10.9 Å². The second kappa shape index (κ2) is 4.83. The third-order valence-electron chi connectivity index (χ3n) is 2.91. The number of hydrazine groups is 1. The molecule has 3 rings (SSSR count). The van der Waals surface area contributed by atoms with Gasteiger partial charge in [0.2, 0.25) is 0 Å². The van der Waals surface area contributed by atoms with Crippen molar-refractivity contribution < 1.29 is 4.79 Å². The Balaban J connectivity index is 2.15. The minimum Gasteiger partial charge on any atom is -0.289 e. The lowest BCUT2D eigenvalue weighted by Crippen LogP contribution is -2.30. The molecule has 5 nitrogen and oxygen atoms in total. The highest BCUT2D eigenvalue weighted by Crippen LogP contribution is 2.31. The van der Waals surface area contributed by atoms with Gasteiger partial charge in [0.05, 0.1) is 11.4 Å². The monoisotopic (exact) mass is 272 g/mol. The second-order valence-electron chi connectivity index (χ2n) is 4.08. The number of amides is 1. The zero-order valence-corrected chi connectivity index (χ0v) is 10.9. The number of fused-ring (bicyclic) bond motifs is 1. The van der Waals surface area contributed by atoms with Gasteiger partial charge in [0, 0.05) is 22.7 Å². The number of nitrogens with zero attached hydrogens (tertiary/aromatic N) is 2. The average Bonchev–Trinajstić information content (AvgIpc) is 3.07. The fraction of sp³-hybridized carbons (Fsp3) is 0.0769. The van der Waals surface area contributed by atoms with Crippen LogP contribution in [0.1, 0.15) is 15.2 Å². The van der Waals surface area contributed by atoms with E-state index in [-0.39, 0.29) is 5.91 Å². The average molecular weight is 272 g/mol. The van der Waals surface area contributed by atoms with E-state index < -0.39 is 0 Å². The number of rotatable bonds is 3. The van der Waals surface area contributed by atoms with E-state index in [2.05, 4.69) is 10.5 Å². The summed E-state index contributed by atoms with van der Waals surface area (Å²) in [6.45, 7) is 0.555. The van der Waals surface area contributed by atoms with Crippen LogP contribution in [0.3, 0.4) is 0 Å². The topological polar surface area (TPSA) is 72.9 Å². The van der Waals surface area contributed by atoms with Gasteiger partial charge in [-0.25, -0.2) is 5.84 Å². The van der Waals surface area contributed by atoms with E-state index in [4.69, 9.17) is 5.84 Å². The van der Waals surface area contributed by atoms with Crippen molar-refractivity contribution in [3.8, 4) is 0 Å². The normalized spacial score (nSPS) is 10.8. The minimum absolute atomic E-state index is 0.261. The van der Waals surface area contributed by atoms with Gasteiger partial charge in [-0.05, 0) is 17.5 Å². The highest BCUT2D eigenvalue weighted by molar-refractivity contribution is 7.21. The second-order valence-corrected chi connectivity index (χ2v) is 5.14. The summed E-state index contributed by atoms with van der Waals surface area (Å²) in [6.07, 6.45) is 3.59. The molecule has 6 heteroatoms. The van der Waals surface area contributed by atoms with Crippen LogP contribution in [0.25, 0.3) is 10.1 Å². The van der Waals surface area contributed by atoms with Gasteiger partial charge in [-0.15, -0.1) is 11.3 Å². The molecule has 3 N–H and O–H groups in total. The molecule has 1 aromatic carbocycles. The number of thiophene rings is 1. The van der Waals surface area contributed by atoms with Gasteiger partial charge in [0.1, 0.15) is 0 Å². The molecule has 3 aromatic rings. The van der Waals surface area contributed by atoms with E-state index in [0.29, 0.717) is 11.4 Å². The third-order valence-corrected chi connectivity index (χ3v) is 4.13. The summed E-state index contributed by atoms with van der Waals surface area (Å²) in [5.74, 6) is 4.99. The number of nitrogen functional groups attached to an aromatic ring is 1. The fourth-order valence-corrected chi connectivity index (χ4v) is 3.18. The highest BCUT2D eigenvalue weighted by Gasteiger charge is 2.17. The Morgan fingerprint density at radius 1 is 1.37 bits per heavy atom. The van der Waals surface area contributed by atoms with Crippen LogP contribution in [0.2, 0.25) is 0 Å². The smallest absolute Gasteiger partial charge is 0.275 e. The molecule has 1 amide bonds. The standard InChI is InChI=1S/C13H12N4OS/c14-16-13(18)12-10(8-17-7-3-6-15-17)9-4-1-2-5-11(9)19-12/h1-7H,8,14H2,(H,16,18). The summed E-state index contributed by atoms with van der Waals surface area (Å²) in [6, 6.07) is 9.79. The Hall–Kier alpha value is -2.18. The van der Waals surface area contributed by atoms with Crippen molar-refractivity contribution >= 4 is 27.3 Å². The number of nitrogens with one attached hydrogen (secondary N) is 1. The number of carbonyl (C=O) groups is 1. The Labute approximate surface area is 113 Å². The quantitative estimate of drug-likeness (QED) is 0.433. The third kappa shape index (κ3) is 2.11. The number of benzene rings is 1. The SMILES string of the molecule is NNC(=O)c1sc2ccccc2c1Cn1cccn1. The molecule has 0 radical (unpaired) electrons. The van der Waals surface area contributed by atoms with E-state index >= 15 is 0 Å². The molecule has 0 atom stereocenters. The number of aromatic nitrogens is 2. The summed E-state index contributed by atoms with van der Waals surface area (Å²) in [5, 5.41) is 5.25. The lowest BCUT2D eigenvalue weighted by molar-refractivity contribution is 0.0957. The predicted molar refractivity (Wildman–Crippen MR) is 74.8 cm³/mol. The van der Waals surface area contributed by atoms with E-state index in [9.17, 15) is 4.79 Å². The van der Waals surface area contributed by atoms with Crippen LogP contribution in [-0.2, 0) is 6.54 Å². The van der Waals surface area contributed by atoms with Gasteiger partial charge in [0.15, 0.2) is 0 Å². The first-order valence-corrected chi connectivity index (χ1v) is 6.60. The van der Waals surface area contributed by atoms with Crippen LogP contribution in [-0.4, -0.2) is 15.7 Å². The first-order valence-electron chi connectivity index (χ1n) is 5.78. The Morgan fingerprint density at radius 3 is 2.95 bits per heavy atom. The van der Waals surface area contributed by atoms with Crippen molar-refractivity contribution in [1.29, 1.82) is 0 Å². The van der Waals surface area contributed by atoms with E-state index in [1.165, 1.54) is 11.3 Å². The summed E-state index contributed by atoms with van der Waals surface area (Å²) >= 11 is 1.45. The zero-order chi connectivity index (χ0) is 13.2. The molecular weight excluding hydrogens is 260 g/mol. The largest absolute Gasteiger partial charge is 0.289 e. The van der Waals surface area contributed by atoms with Crippen molar-refractivity contribution in [2.75, 3.05) is 0 Å². The summed E-state index contributed by atoms with van der Waals surface area (Å²) in [4.78, 5) is 12.5. The van der Waals surface area contributed by atoms with Crippen LogP contribution in [0.4, 0.5) is 0 Å². The molecule has 0 aliphatic carbocycles. The Morgan fingerprint density at radius 2 is 2.21 bits per heavy atom. The molecule has 0 unspecified atom stereocenters. The number of carbonyl (C=O) groups excluding carboxylic acids is 1. The van der Waals surface area contributed by atoms with Crippen molar-refractivity contribution in [1.82, 2.24) is 15.2 Å². The molecule has 0 aliphatic heterocycles. The van der Waals surface area contributed by atoms with Crippen molar-refractivity contribution in [3.05, 3.63) is 53.2 Å². The maximum atomic E-state index is 11.9. The zero-order valence-electron chi connectivity index (χ0n) is 10.0. The van der Waals surface area contributed by atoms with Crippen molar-refractivity contribution in [2.45, 2.75) is 6.54 Å². The minimum atomic E-state index is -0.261. The molecule has 0 saturated heterocycles. The fourth-order valence-electron chi connectivity index (χ4n) is 2.06. The maximum absolute atomic E-state index is 11.9. The van der Waals surface area contributed by atoms with Gasteiger partial charge in [0.25, 0.3) is 5.91 Å². The molecule has 0 spiro atoms. The predicted octanol–water partition coefficient (Wildman–Crippen LogP) is 1.75. The maximum Gasteiger partial charge on any atom is 0.275 e. The van der Waals surface area contributed by atoms with Gasteiger partial charge in [-0.1, -0.05) is 18.2 Å². The number of hydrogen-bond acceptors (Lipinski definition) is 4. The molecular formula is C13H12N4OS. The molecule has 0 aliphatic rings. The molecule has 2 aromatic heterocycles. The lowest BCUT2D eigenvalue weighted by Gasteiger charge is -2.04. The van der Waals surface area contributed by atoms with Crippen LogP contribution < -0.4 is 11.3 Å². The Bertz CT molecular complexity index is 717. The molecule has 19 heavy (non-hydrogen) atoms. The summed E-state index contributed by atoms with van der Waals surface area (Å²) in [5.41, 5.74) is 3.16. The number of nitrogens with two attached hydrogens (primary N) is 1. The van der Waals surface area contributed by atoms with Crippen LogP contribution in [0, 0.1) is 0 Å². The van der Waals surface area contributed by atoms with E-state index in [1.807, 2.05) is 36.5 Å². The van der Waals surface area contributed by atoms with Gasteiger partial charge >= 0.3 is 0 Å². The van der Waals surface area contributed by atoms with Crippen molar-refractivity contribution in [2.24, 2.45) is 5.84 Å².